The summed E-state index contributed by atoms with van der Waals surface area (Å²) >= 11 is 4.93. The first-order valence-corrected chi connectivity index (χ1v) is 6.42. The maximum Gasteiger partial charge on any atom is 0.225 e. The van der Waals surface area contributed by atoms with Gasteiger partial charge < -0.3 is 10.6 Å². The molecule has 16 heavy (non-hydrogen) atoms. The molecule has 1 amide bonds. The van der Waals surface area contributed by atoms with Gasteiger partial charge in [0.15, 0.2) is 0 Å². The SMILES string of the molecule is CCCC(C)C(=O)N(CC)CC(C)C(N)=S. The fourth-order valence-electron chi connectivity index (χ4n) is 1.66. The molecule has 4 heteroatoms. The molecule has 0 aliphatic rings. The molecule has 0 spiro atoms. The lowest BCUT2D eigenvalue weighted by molar-refractivity contribution is -0.135. The number of nitrogens with two attached hydrogens (primary N) is 1. The van der Waals surface area contributed by atoms with Crippen molar-refractivity contribution in [3.05, 3.63) is 0 Å². The Morgan fingerprint density at radius 2 is 1.88 bits per heavy atom. The molecule has 0 bridgehead atoms. The normalized spacial score (nSPS) is 14.2. The van der Waals surface area contributed by atoms with Crippen molar-refractivity contribution in [1.29, 1.82) is 0 Å². The summed E-state index contributed by atoms with van der Waals surface area (Å²) in [6.45, 7) is 9.39. The van der Waals surface area contributed by atoms with Crippen LogP contribution in [-0.2, 0) is 4.79 Å². The average Bonchev–Trinajstić information content (AvgIpc) is 2.24. The Morgan fingerprint density at radius 1 is 1.31 bits per heavy atom. The lowest BCUT2D eigenvalue weighted by atomic mass is 10.0. The van der Waals surface area contributed by atoms with Crippen LogP contribution >= 0.6 is 12.2 Å². The predicted octanol–water partition coefficient (Wildman–Crippen LogP) is 2.19. The highest BCUT2D eigenvalue weighted by atomic mass is 32.1. The topological polar surface area (TPSA) is 46.3 Å². The second kappa shape index (κ2) is 7.60. The van der Waals surface area contributed by atoms with Crippen LogP contribution in [0, 0.1) is 11.8 Å². The Bertz CT molecular complexity index is 243. The first kappa shape index (κ1) is 15.4. The van der Waals surface area contributed by atoms with Crippen LogP contribution in [0.4, 0.5) is 0 Å². The van der Waals surface area contributed by atoms with E-state index in [2.05, 4.69) is 6.92 Å². The zero-order valence-electron chi connectivity index (χ0n) is 10.8. The fourth-order valence-corrected chi connectivity index (χ4v) is 1.74. The molecule has 0 radical (unpaired) electrons. The van der Waals surface area contributed by atoms with E-state index in [1.807, 2.05) is 25.7 Å². The molecule has 2 unspecified atom stereocenters. The minimum Gasteiger partial charge on any atom is -0.393 e. The predicted molar refractivity (Wildman–Crippen MR) is 72.3 cm³/mol. The number of hydrogen-bond donors (Lipinski definition) is 1. The third-order valence-corrected chi connectivity index (χ3v) is 3.22. The molecular formula is C12H24N2OS. The van der Waals surface area contributed by atoms with Crippen molar-refractivity contribution in [3.63, 3.8) is 0 Å². The molecule has 0 aliphatic heterocycles. The molecule has 0 fully saturated rings. The standard InChI is InChI=1S/C12H24N2OS/c1-5-7-9(3)12(15)14(6-2)8-10(4)11(13)16/h9-10H,5-8H2,1-4H3,(H2,13,16). The Morgan fingerprint density at radius 3 is 2.25 bits per heavy atom. The van der Waals surface area contributed by atoms with E-state index in [9.17, 15) is 4.79 Å². The third kappa shape index (κ3) is 4.92. The van der Waals surface area contributed by atoms with Gasteiger partial charge in [-0.05, 0) is 13.3 Å². The lowest BCUT2D eigenvalue weighted by Gasteiger charge is -2.26. The molecule has 0 aromatic rings. The number of carbonyl (C=O) groups is 1. The molecule has 0 saturated heterocycles. The second-order valence-electron chi connectivity index (χ2n) is 4.37. The number of hydrogen-bond acceptors (Lipinski definition) is 2. The Labute approximate surface area is 104 Å². The number of rotatable bonds is 7. The van der Waals surface area contributed by atoms with Gasteiger partial charge in [0.05, 0.1) is 4.99 Å². The molecule has 0 aliphatic carbocycles. The van der Waals surface area contributed by atoms with Crippen LogP contribution < -0.4 is 5.73 Å². The highest BCUT2D eigenvalue weighted by molar-refractivity contribution is 7.80. The summed E-state index contributed by atoms with van der Waals surface area (Å²) in [4.78, 5) is 14.4. The van der Waals surface area contributed by atoms with Crippen LogP contribution in [0.3, 0.4) is 0 Å². The lowest BCUT2D eigenvalue weighted by Crippen LogP contribution is -2.40. The quantitative estimate of drug-likeness (QED) is 0.698. The zero-order chi connectivity index (χ0) is 12.7. The molecule has 0 rings (SSSR count). The molecule has 3 nitrogen and oxygen atoms in total. The van der Waals surface area contributed by atoms with Crippen molar-refractivity contribution < 1.29 is 4.79 Å². The van der Waals surface area contributed by atoms with Crippen LogP contribution in [0.1, 0.15) is 40.5 Å². The Kier molecular flexibility index (Phi) is 7.30. The average molecular weight is 244 g/mol. The van der Waals surface area contributed by atoms with E-state index in [4.69, 9.17) is 18.0 Å². The minimum atomic E-state index is 0.0905. The Balaban J connectivity index is 4.37. The van der Waals surface area contributed by atoms with Gasteiger partial charge >= 0.3 is 0 Å². The van der Waals surface area contributed by atoms with Crippen LogP contribution in [0.5, 0.6) is 0 Å². The van der Waals surface area contributed by atoms with E-state index >= 15 is 0 Å². The van der Waals surface area contributed by atoms with Gasteiger partial charge in [-0.15, -0.1) is 0 Å². The van der Waals surface area contributed by atoms with Crippen LogP contribution in [0.2, 0.25) is 0 Å². The fraction of sp³-hybridized carbons (Fsp3) is 0.833. The largest absolute Gasteiger partial charge is 0.393 e. The molecule has 0 aromatic carbocycles. The number of carbonyl (C=O) groups excluding carboxylic acids is 1. The molecule has 2 N–H and O–H groups in total. The zero-order valence-corrected chi connectivity index (χ0v) is 11.6. The Hall–Kier alpha value is -0.640. The van der Waals surface area contributed by atoms with E-state index in [1.165, 1.54) is 0 Å². The molecule has 0 heterocycles. The van der Waals surface area contributed by atoms with Crippen LogP contribution in [-0.4, -0.2) is 28.9 Å². The molecule has 94 valence electrons. The van der Waals surface area contributed by atoms with Gasteiger partial charge in [-0.3, -0.25) is 4.79 Å². The summed E-state index contributed by atoms with van der Waals surface area (Å²) in [6.07, 6.45) is 1.98. The van der Waals surface area contributed by atoms with Crippen molar-refractivity contribution in [1.82, 2.24) is 4.90 Å². The van der Waals surface area contributed by atoms with Crippen molar-refractivity contribution in [2.75, 3.05) is 13.1 Å². The maximum absolute atomic E-state index is 12.1. The van der Waals surface area contributed by atoms with Crippen molar-refractivity contribution in [2.24, 2.45) is 17.6 Å². The van der Waals surface area contributed by atoms with Gasteiger partial charge in [-0.1, -0.05) is 39.4 Å². The van der Waals surface area contributed by atoms with E-state index in [1.54, 1.807) is 0 Å². The third-order valence-electron chi connectivity index (χ3n) is 2.82. The second-order valence-corrected chi connectivity index (χ2v) is 4.84. The van der Waals surface area contributed by atoms with Crippen molar-refractivity contribution in [3.8, 4) is 0 Å². The number of nitrogens with zero attached hydrogens (tertiary/aromatic N) is 1. The molecular weight excluding hydrogens is 220 g/mol. The maximum atomic E-state index is 12.1. The first-order chi connectivity index (χ1) is 7.43. The number of amides is 1. The van der Waals surface area contributed by atoms with E-state index in [-0.39, 0.29) is 17.7 Å². The summed E-state index contributed by atoms with van der Waals surface area (Å²) in [5.74, 6) is 0.406. The van der Waals surface area contributed by atoms with Crippen LogP contribution in [0.15, 0.2) is 0 Å². The van der Waals surface area contributed by atoms with Gasteiger partial charge in [-0.2, -0.15) is 0 Å². The smallest absolute Gasteiger partial charge is 0.225 e. The summed E-state index contributed by atoms with van der Waals surface area (Å²) in [5, 5.41) is 0. The molecule has 0 aromatic heterocycles. The summed E-state index contributed by atoms with van der Waals surface area (Å²) in [7, 11) is 0. The number of thiocarbonyl (C=S) groups is 1. The van der Waals surface area contributed by atoms with Gasteiger partial charge in [0.25, 0.3) is 0 Å². The molecule has 0 saturated carbocycles. The van der Waals surface area contributed by atoms with E-state index in [0.29, 0.717) is 11.5 Å². The van der Waals surface area contributed by atoms with E-state index < -0.39 is 0 Å². The van der Waals surface area contributed by atoms with E-state index in [0.717, 1.165) is 19.4 Å². The van der Waals surface area contributed by atoms with Crippen molar-refractivity contribution in [2.45, 2.75) is 40.5 Å². The minimum absolute atomic E-state index is 0.0905. The van der Waals surface area contributed by atoms with Gasteiger partial charge in [0.2, 0.25) is 5.91 Å². The highest BCUT2D eigenvalue weighted by Gasteiger charge is 2.20. The summed E-state index contributed by atoms with van der Waals surface area (Å²) in [6, 6.07) is 0. The van der Waals surface area contributed by atoms with Crippen LogP contribution in [0.25, 0.3) is 0 Å². The summed E-state index contributed by atoms with van der Waals surface area (Å²) < 4.78 is 0. The monoisotopic (exact) mass is 244 g/mol. The van der Waals surface area contributed by atoms with Gasteiger partial charge in [0.1, 0.15) is 0 Å². The highest BCUT2D eigenvalue weighted by Crippen LogP contribution is 2.11. The van der Waals surface area contributed by atoms with Gasteiger partial charge in [-0.25, -0.2) is 0 Å². The van der Waals surface area contributed by atoms with Crippen molar-refractivity contribution >= 4 is 23.1 Å². The van der Waals surface area contributed by atoms with Gasteiger partial charge in [0, 0.05) is 24.9 Å². The summed E-state index contributed by atoms with van der Waals surface area (Å²) in [5.41, 5.74) is 5.57. The molecule has 2 atom stereocenters. The first-order valence-electron chi connectivity index (χ1n) is 6.02.